The smallest absolute Gasteiger partial charge is 0.272 e. The number of nitrogens with one attached hydrogen (secondary N) is 1. The number of ether oxygens (including phenoxy) is 1. The topological polar surface area (TPSA) is 85.4 Å². The molecule has 3 atom stereocenters. The lowest BCUT2D eigenvalue weighted by molar-refractivity contribution is -0.0842. The number of morpholine rings is 1. The Hall–Kier alpha value is -3.16. The summed E-state index contributed by atoms with van der Waals surface area (Å²) in [6.07, 6.45) is 3.83. The maximum atomic E-state index is 13.4. The van der Waals surface area contributed by atoms with E-state index in [0.29, 0.717) is 25.5 Å². The third-order valence-corrected chi connectivity index (χ3v) is 6.96. The first-order valence-electron chi connectivity index (χ1n) is 12.1. The highest BCUT2D eigenvalue weighted by molar-refractivity contribution is 6.05. The van der Waals surface area contributed by atoms with Gasteiger partial charge in [0.25, 0.3) is 5.91 Å². The van der Waals surface area contributed by atoms with Crippen LogP contribution < -0.4 is 11.1 Å². The van der Waals surface area contributed by atoms with Crippen LogP contribution >= 0.6 is 0 Å². The van der Waals surface area contributed by atoms with E-state index in [9.17, 15) is 4.79 Å². The summed E-state index contributed by atoms with van der Waals surface area (Å²) in [5, 5.41) is 8.87. The molecule has 0 unspecified atom stereocenters. The Morgan fingerprint density at radius 2 is 1.82 bits per heavy atom. The van der Waals surface area contributed by atoms with Crippen LogP contribution in [0.1, 0.15) is 42.7 Å². The van der Waals surface area contributed by atoms with E-state index in [4.69, 9.17) is 15.6 Å². The second-order valence-electron chi connectivity index (χ2n) is 9.69. The van der Waals surface area contributed by atoms with Crippen molar-refractivity contribution in [1.82, 2.24) is 20.0 Å². The van der Waals surface area contributed by atoms with Crippen LogP contribution in [0.2, 0.25) is 0 Å². The van der Waals surface area contributed by atoms with E-state index in [0.717, 1.165) is 41.5 Å². The van der Waals surface area contributed by atoms with Crippen LogP contribution in [0.25, 0.3) is 10.9 Å². The minimum Gasteiger partial charge on any atom is -0.398 e. The molecule has 3 N–H and O–H groups in total. The number of aromatic nitrogens is 2. The Kier molecular flexibility index (Phi) is 6.39. The molecule has 5 rings (SSSR count). The van der Waals surface area contributed by atoms with Crippen LogP contribution in [0.3, 0.4) is 0 Å². The molecule has 2 aromatic carbocycles. The number of nitrogens with zero attached hydrogens (tertiary/aromatic N) is 3. The number of nitrogens with two attached hydrogens (primary N) is 1. The fourth-order valence-corrected chi connectivity index (χ4v) is 5.20. The second kappa shape index (κ2) is 9.60. The molecule has 2 saturated heterocycles. The van der Waals surface area contributed by atoms with Gasteiger partial charge in [-0.2, -0.15) is 5.10 Å². The SMILES string of the molecule is CC(C)=CCn1nc(C(=O)N[C@H]2C[C@H]3COC[C@@H](C2)N3Cc2ccccc2N)c2ccccc21. The molecule has 178 valence electrons. The summed E-state index contributed by atoms with van der Waals surface area (Å²) < 4.78 is 7.78. The van der Waals surface area contributed by atoms with Gasteiger partial charge in [-0.3, -0.25) is 14.4 Å². The van der Waals surface area contributed by atoms with Gasteiger partial charge in [-0.05, 0) is 44.4 Å². The molecule has 2 bridgehead atoms. The first kappa shape index (κ1) is 22.6. The number of amides is 1. The molecule has 7 nitrogen and oxygen atoms in total. The normalized spacial score (nSPS) is 22.5. The van der Waals surface area contributed by atoms with E-state index in [-0.39, 0.29) is 24.0 Å². The molecule has 0 saturated carbocycles. The Morgan fingerprint density at radius 3 is 2.56 bits per heavy atom. The number of piperidine rings is 1. The lowest BCUT2D eigenvalue weighted by atomic mass is 9.89. The van der Waals surface area contributed by atoms with Crippen LogP contribution in [0, 0.1) is 0 Å². The number of hydrogen-bond donors (Lipinski definition) is 2. The van der Waals surface area contributed by atoms with Crippen molar-refractivity contribution in [2.75, 3.05) is 18.9 Å². The van der Waals surface area contributed by atoms with Crippen LogP contribution in [0.15, 0.2) is 60.2 Å². The van der Waals surface area contributed by atoms with E-state index in [2.05, 4.69) is 36.2 Å². The van der Waals surface area contributed by atoms with Crippen molar-refractivity contribution < 1.29 is 9.53 Å². The Balaban J connectivity index is 1.31. The summed E-state index contributed by atoms with van der Waals surface area (Å²) in [6, 6.07) is 16.6. The molecule has 2 fully saturated rings. The Labute approximate surface area is 200 Å². The second-order valence-corrected chi connectivity index (χ2v) is 9.69. The molecule has 2 aliphatic rings. The van der Waals surface area contributed by atoms with E-state index in [1.807, 2.05) is 47.1 Å². The van der Waals surface area contributed by atoms with Gasteiger partial charge in [0.2, 0.25) is 0 Å². The fraction of sp³-hybridized carbons (Fsp3) is 0.407. The summed E-state index contributed by atoms with van der Waals surface area (Å²) in [5.74, 6) is -0.100. The van der Waals surface area contributed by atoms with Crippen LogP contribution in [0.4, 0.5) is 5.69 Å². The summed E-state index contributed by atoms with van der Waals surface area (Å²) in [5.41, 5.74) is 10.9. The highest BCUT2D eigenvalue weighted by atomic mass is 16.5. The number of hydrogen-bond acceptors (Lipinski definition) is 5. The number of allylic oxidation sites excluding steroid dienone is 2. The monoisotopic (exact) mass is 459 g/mol. The molecular weight excluding hydrogens is 426 g/mol. The van der Waals surface area contributed by atoms with Crippen molar-refractivity contribution in [2.24, 2.45) is 0 Å². The number of carbonyl (C=O) groups is 1. The molecular formula is C27H33N5O2. The van der Waals surface area contributed by atoms with Gasteiger partial charge >= 0.3 is 0 Å². The van der Waals surface area contributed by atoms with Gasteiger partial charge in [-0.1, -0.05) is 48.0 Å². The molecule has 2 aliphatic heterocycles. The van der Waals surface area contributed by atoms with Crippen molar-refractivity contribution in [1.29, 1.82) is 0 Å². The van der Waals surface area contributed by atoms with Gasteiger partial charge in [-0.25, -0.2) is 0 Å². The molecule has 0 radical (unpaired) electrons. The van der Waals surface area contributed by atoms with Crippen LogP contribution in [-0.2, 0) is 17.8 Å². The van der Waals surface area contributed by atoms with Crippen molar-refractivity contribution >= 4 is 22.5 Å². The van der Waals surface area contributed by atoms with E-state index in [1.54, 1.807) is 0 Å². The number of benzene rings is 2. The zero-order valence-electron chi connectivity index (χ0n) is 19.9. The van der Waals surface area contributed by atoms with Crippen LogP contribution in [-0.4, -0.2) is 51.9 Å². The standard InChI is InChI=1S/C27H33N5O2/c1-18(2)11-12-32-25-10-6-4-8-23(25)26(30-32)27(33)29-20-13-21-16-34-17-22(14-20)31(21)15-19-7-3-5-9-24(19)28/h3-11,20-22H,12-17,28H2,1-2H3,(H,29,33)/t20-,21-,22+. The van der Waals surface area contributed by atoms with Gasteiger partial charge in [0.15, 0.2) is 5.69 Å². The highest BCUT2D eigenvalue weighted by Gasteiger charge is 2.39. The average Bonchev–Trinajstić information content (AvgIpc) is 3.18. The van der Waals surface area contributed by atoms with Gasteiger partial charge in [0, 0.05) is 35.7 Å². The van der Waals surface area contributed by atoms with E-state index in [1.165, 1.54) is 5.57 Å². The number of nitrogen functional groups attached to an aromatic ring is 1. The molecule has 3 heterocycles. The number of para-hydroxylation sites is 2. The third-order valence-electron chi connectivity index (χ3n) is 6.96. The number of fused-ring (bicyclic) bond motifs is 3. The lowest BCUT2D eigenvalue weighted by Crippen LogP contribution is -2.60. The number of anilines is 1. The van der Waals surface area contributed by atoms with Gasteiger partial charge in [0.05, 0.1) is 25.3 Å². The predicted molar refractivity (Wildman–Crippen MR) is 134 cm³/mol. The van der Waals surface area contributed by atoms with Gasteiger partial charge < -0.3 is 15.8 Å². The summed E-state index contributed by atoms with van der Waals surface area (Å²) >= 11 is 0. The zero-order chi connectivity index (χ0) is 23.7. The van der Waals surface area contributed by atoms with Crippen molar-refractivity contribution in [2.45, 2.75) is 57.9 Å². The molecule has 3 aromatic rings. The van der Waals surface area contributed by atoms with Gasteiger partial charge in [-0.15, -0.1) is 0 Å². The first-order chi connectivity index (χ1) is 16.5. The highest BCUT2D eigenvalue weighted by Crippen LogP contribution is 2.31. The minimum absolute atomic E-state index is 0.0949. The van der Waals surface area contributed by atoms with Gasteiger partial charge in [0.1, 0.15) is 0 Å². The minimum atomic E-state index is -0.100. The quantitative estimate of drug-likeness (QED) is 0.433. The maximum absolute atomic E-state index is 13.4. The number of rotatable bonds is 6. The summed E-state index contributed by atoms with van der Waals surface area (Å²) in [4.78, 5) is 15.9. The molecule has 7 heteroatoms. The third kappa shape index (κ3) is 4.58. The number of carbonyl (C=O) groups excluding carboxylic acids is 1. The fourth-order valence-electron chi connectivity index (χ4n) is 5.20. The van der Waals surface area contributed by atoms with Crippen molar-refractivity contribution in [3.8, 4) is 0 Å². The Morgan fingerprint density at radius 1 is 1.12 bits per heavy atom. The lowest BCUT2D eigenvalue weighted by Gasteiger charge is -2.48. The molecule has 34 heavy (non-hydrogen) atoms. The molecule has 1 aromatic heterocycles. The van der Waals surface area contributed by atoms with E-state index < -0.39 is 0 Å². The van der Waals surface area contributed by atoms with Crippen molar-refractivity contribution in [3.63, 3.8) is 0 Å². The average molecular weight is 460 g/mol. The summed E-state index contributed by atoms with van der Waals surface area (Å²) in [7, 11) is 0. The van der Waals surface area contributed by atoms with E-state index >= 15 is 0 Å². The van der Waals surface area contributed by atoms with Crippen LogP contribution in [0.5, 0.6) is 0 Å². The molecule has 1 amide bonds. The summed E-state index contributed by atoms with van der Waals surface area (Å²) in [6.45, 7) is 6.95. The first-order valence-corrected chi connectivity index (χ1v) is 12.1. The molecule has 0 spiro atoms. The predicted octanol–water partition coefficient (Wildman–Crippen LogP) is 3.75. The molecule has 0 aliphatic carbocycles. The zero-order valence-corrected chi connectivity index (χ0v) is 19.9. The largest absolute Gasteiger partial charge is 0.398 e. The van der Waals surface area contributed by atoms with Crippen molar-refractivity contribution in [3.05, 3.63) is 71.4 Å². The Bertz CT molecular complexity index is 1200. The maximum Gasteiger partial charge on any atom is 0.272 e.